The van der Waals surface area contributed by atoms with E-state index in [0.717, 1.165) is 37.2 Å². The number of anilines is 1. The molecule has 0 saturated carbocycles. The summed E-state index contributed by atoms with van der Waals surface area (Å²) >= 11 is 6.07. The molecule has 1 aromatic carbocycles. The van der Waals surface area contributed by atoms with Gasteiger partial charge in [-0.1, -0.05) is 11.6 Å². The van der Waals surface area contributed by atoms with Crippen LogP contribution < -0.4 is 10.1 Å². The fourth-order valence-electron chi connectivity index (χ4n) is 1.40. The lowest BCUT2D eigenvalue weighted by atomic mass is 10.2. The van der Waals surface area contributed by atoms with Crippen LogP contribution in [-0.2, 0) is 0 Å². The number of benzene rings is 1. The SMILES string of the molecule is COc1ccc(NCCCCCO)c(Cl)c1. The zero-order valence-electron chi connectivity index (χ0n) is 9.50. The lowest BCUT2D eigenvalue weighted by Gasteiger charge is -2.09. The first-order chi connectivity index (χ1) is 7.77. The van der Waals surface area contributed by atoms with Gasteiger partial charge < -0.3 is 15.2 Å². The van der Waals surface area contributed by atoms with Gasteiger partial charge in [-0.2, -0.15) is 0 Å². The molecule has 0 atom stereocenters. The van der Waals surface area contributed by atoms with E-state index in [1.54, 1.807) is 13.2 Å². The van der Waals surface area contributed by atoms with Crippen LogP contribution in [0, 0.1) is 0 Å². The molecule has 2 N–H and O–H groups in total. The normalized spacial score (nSPS) is 10.2. The van der Waals surface area contributed by atoms with Crippen LogP contribution in [0.2, 0.25) is 5.02 Å². The summed E-state index contributed by atoms with van der Waals surface area (Å²) in [6.45, 7) is 1.13. The third kappa shape index (κ3) is 4.29. The molecular formula is C12H18ClNO2. The van der Waals surface area contributed by atoms with E-state index in [0.29, 0.717) is 5.02 Å². The van der Waals surface area contributed by atoms with Crippen LogP contribution in [0.25, 0.3) is 0 Å². The minimum atomic E-state index is 0.267. The Balaban J connectivity index is 2.36. The zero-order chi connectivity index (χ0) is 11.8. The summed E-state index contributed by atoms with van der Waals surface area (Å²) in [4.78, 5) is 0. The van der Waals surface area contributed by atoms with E-state index >= 15 is 0 Å². The van der Waals surface area contributed by atoms with E-state index in [1.165, 1.54) is 0 Å². The molecule has 0 unspecified atom stereocenters. The first kappa shape index (κ1) is 13.1. The summed E-state index contributed by atoms with van der Waals surface area (Å²) < 4.78 is 5.07. The monoisotopic (exact) mass is 243 g/mol. The first-order valence-corrected chi connectivity index (χ1v) is 5.84. The summed E-state index contributed by atoms with van der Waals surface area (Å²) in [5.74, 6) is 0.760. The average molecular weight is 244 g/mol. The van der Waals surface area contributed by atoms with Gasteiger partial charge in [-0.05, 0) is 31.4 Å². The standard InChI is InChI=1S/C12H18ClNO2/c1-16-10-5-6-12(11(13)9-10)14-7-3-2-4-8-15/h5-6,9,14-15H,2-4,7-8H2,1H3. The van der Waals surface area contributed by atoms with Crippen molar-refractivity contribution in [2.45, 2.75) is 19.3 Å². The number of ether oxygens (including phenoxy) is 1. The maximum Gasteiger partial charge on any atom is 0.120 e. The second-order valence-electron chi connectivity index (χ2n) is 3.56. The second kappa shape index (κ2) is 7.36. The third-order valence-electron chi connectivity index (χ3n) is 2.33. The minimum Gasteiger partial charge on any atom is -0.497 e. The predicted molar refractivity (Wildman–Crippen MR) is 67.4 cm³/mol. The Hall–Kier alpha value is -0.930. The molecule has 0 aliphatic rings. The van der Waals surface area contributed by atoms with E-state index in [2.05, 4.69) is 5.32 Å². The number of hydrogen-bond donors (Lipinski definition) is 2. The molecule has 1 rings (SSSR count). The van der Waals surface area contributed by atoms with Gasteiger partial charge in [0.05, 0.1) is 17.8 Å². The van der Waals surface area contributed by atoms with Crippen LogP contribution in [0.3, 0.4) is 0 Å². The van der Waals surface area contributed by atoms with Crippen molar-refractivity contribution < 1.29 is 9.84 Å². The molecule has 0 heterocycles. The quantitative estimate of drug-likeness (QED) is 0.724. The summed E-state index contributed by atoms with van der Waals surface area (Å²) in [6.07, 6.45) is 2.91. The van der Waals surface area contributed by atoms with Crippen molar-refractivity contribution in [3.63, 3.8) is 0 Å². The number of hydrogen-bond acceptors (Lipinski definition) is 3. The van der Waals surface area contributed by atoms with Gasteiger partial charge in [0.25, 0.3) is 0 Å². The van der Waals surface area contributed by atoms with Crippen LogP contribution >= 0.6 is 11.6 Å². The molecule has 3 nitrogen and oxygen atoms in total. The Labute approximate surface area is 101 Å². The number of rotatable bonds is 7. The van der Waals surface area contributed by atoms with Crippen LogP contribution in [-0.4, -0.2) is 25.4 Å². The van der Waals surface area contributed by atoms with Gasteiger partial charge in [-0.15, -0.1) is 0 Å². The molecule has 0 saturated heterocycles. The highest BCUT2D eigenvalue weighted by Crippen LogP contribution is 2.26. The smallest absolute Gasteiger partial charge is 0.120 e. The molecule has 0 aliphatic carbocycles. The molecule has 0 aromatic heterocycles. The minimum absolute atomic E-state index is 0.267. The van der Waals surface area contributed by atoms with Crippen molar-refractivity contribution in [1.82, 2.24) is 0 Å². The van der Waals surface area contributed by atoms with Crippen molar-refractivity contribution in [3.8, 4) is 5.75 Å². The van der Waals surface area contributed by atoms with E-state index in [4.69, 9.17) is 21.4 Å². The molecule has 0 fully saturated rings. The van der Waals surface area contributed by atoms with E-state index in [1.807, 2.05) is 12.1 Å². The van der Waals surface area contributed by atoms with E-state index < -0.39 is 0 Å². The largest absolute Gasteiger partial charge is 0.497 e. The second-order valence-corrected chi connectivity index (χ2v) is 3.96. The highest BCUT2D eigenvalue weighted by atomic mass is 35.5. The topological polar surface area (TPSA) is 41.5 Å². The van der Waals surface area contributed by atoms with Crippen molar-refractivity contribution in [2.75, 3.05) is 25.6 Å². The highest BCUT2D eigenvalue weighted by molar-refractivity contribution is 6.33. The zero-order valence-corrected chi connectivity index (χ0v) is 10.3. The van der Waals surface area contributed by atoms with Crippen LogP contribution in [0.1, 0.15) is 19.3 Å². The summed E-state index contributed by atoms with van der Waals surface area (Å²) in [7, 11) is 1.62. The lowest BCUT2D eigenvalue weighted by Crippen LogP contribution is -2.02. The Bertz CT molecular complexity index is 318. The van der Waals surface area contributed by atoms with E-state index in [9.17, 15) is 0 Å². The third-order valence-corrected chi connectivity index (χ3v) is 2.64. The number of halogens is 1. The van der Waals surface area contributed by atoms with Gasteiger partial charge in [-0.3, -0.25) is 0 Å². The molecule has 0 spiro atoms. The van der Waals surface area contributed by atoms with Gasteiger partial charge in [0.1, 0.15) is 5.75 Å². The van der Waals surface area contributed by atoms with E-state index in [-0.39, 0.29) is 6.61 Å². The molecule has 0 bridgehead atoms. The van der Waals surface area contributed by atoms with Crippen molar-refractivity contribution in [2.24, 2.45) is 0 Å². The molecule has 90 valence electrons. The van der Waals surface area contributed by atoms with Crippen LogP contribution in [0.5, 0.6) is 5.75 Å². The lowest BCUT2D eigenvalue weighted by molar-refractivity contribution is 0.283. The Kier molecular flexibility index (Phi) is 6.04. The molecule has 0 radical (unpaired) electrons. The Morgan fingerprint density at radius 1 is 1.31 bits per heavy atom. The molecule has 16 heavy (non-hydrogen) atoms. The number of nitrogens with one attached hydrogen (secondary N) is 1. The molecule has 0 aliphatic heterocycles. The van der Waals surface area contributed by atoms with Crippen LogP contribution in [0.4, 0.5) is 5.69 Å². The fourth-order valence-corrected chi connectivity index (χ4v) is 1.64. The number of aliphatic hydroxyl groups is 1. The maximum atomic E-state index is 8.63. The predicted octanol–water partition coefficient (Wildman–Crippen LogP) is 2.92. The summed E-state index contributed by atoms with van der Waals surface area (Å²) in [5, 5.41) is 12.6. The molecule has 1 aromatic rings. The van der Waals surface area contributed by atoms with Gasteiger partial charge in [0, 0.05) is 19.2 Å². The van der Waals surface area contributed by atoms with Gasteiger partial charge in [-0.25, -0.2) is 0 Å². The van der Waals surface area contributed by atoms with Crippen LogP contribution in [0.15, 0.2) is 18.2 Å². The number of aliphatic hydroxyl groups excluding tert-OH is 1. The van der Waals surface area contributed by atoms with Gasteiger partial charge in [0.2, 0.25) is 0 Å². The molecule has 0 amide bonds. The van der Waals surface area contributed by atoms with Gasteiger partial charge >= 0.3 is 0 Å². The molecule has 4 heteroatoms. The number of methoxy groups -OCH3 is 1. The Morgan fingerprint density at radius 2 is 2.12 bits per heavy atom. The fraction of sp³-hybridized carbons (Fsp3) is 0.500. The highest BCUT2D eigenvalue weighted by Gasteiger charge is 2.01. The maximum absolute atomic E-state index is 8.63. The number of unbranched alkanes of at least 4 members (excludes halogenated alkanes) is 2. The summed E-state index contributed by atoms with van der Waals surface area (Å²) in [5.41, 5.74) is 0.923. The van der Waals surface area contributed by atoms with Gasteiger partial charge in [0.15, 0.2) is 0 Å². The van der Waals surface area contributed by atoms with Crippen molar-refractivity contribution in [3.05, 3.63) is 23.2 Å². The van der Waals surface area contributed by atoms with Crippen molar-refractivity contribution in [1.29, 1.82) is 0 Å². The Morgan fingerprint density at radius 3 is 2.75 bits per heavy atom. The first-order valence-electron chi connectivity index (χ1n) is 5.46. The molecular weight excluding hydrogens is 226 g/mol. The summed E-state index contributed by atoms with van der Waals surface area (Å²) in [6, 6.07) is 5.58. The average Bonchev–Trinajstić information content (AvgIpc) is 2.30. The van der Waals surface area contributed by atoms with Crippen molar-refractivity contribution >= 4 is 17.3 Å².